The van der Waals surface area contributed by atoms with E-state index in [0.717, 1.165) is 11.6 Å². The fourth-order valence-corrected chi connectivity index (χ4v) is 1.18. The molecule has 84 valence electrons. The second-order valence-electron chi connectivity index (χ2n) is 3.17. The van der Waals surface area contributed by atoms with Gasteiger partial charge in [-0.3, -0.25) is 0 Å². The number of hydrogen-bond donors (Lipinski definition) is 1. The van der Waals surface area contributed by atoms with Crippen molar-refractivity contribution < 1.29 is 9.26 Å². The van der Waals surface area contributed by atoms with Gasteiger partial charge in [0.25, 0.3) is 0 Å². The van der Waals surface area contributed by atoms with E-state index in [1.54, 1.807) is 20.2 Å². The average molecular weight is 220 g/mol. The molecule has 2 aromatic heterocycles. The summed E-state index contributed by atoms with van der Waals surface area (Å²) in [5.74, 6) is 2.62. The lowest BCUT2D eigenvalue weighted by Crippen LogP contribution is -2.01. The van der Waals surface area contributed by atoms with Crippen molar-refractivity contribution in [3.63, 3.8) is 0 Å². The Bertz CT molecular complexity index is 452. The molecule has 0 saturated carbocycles. The van der Waals surface area contributed by atoms with Gasteiger partial charge < -0.3 is 14.6 Å². The average Bonchev–Trinajstić information content (AvgIpc) is 2.73. The lowest BCUT2D eigenvalue weighted by molar-refractivity contribution is 0.379. The van der Waals surface area contributed by atoms with Crippen LogP contribution in [0.3, 0.4) is 0 Å². The highest BCUT2D eigenvalue weighted by molar-refractivity contribution is 5.37. The van der Waals surface area contributed by atoms with E-state index >= 15 is 0 Å². The molecular formula is C10H12N4O2. The summed E-state index contributed by atoms with van der Waals surface area (Å²) in [6.07, 6.45) is 1.64. The van der Waals surface area contributed by atoms with E-state index in [0.29, 0.717) is 18.3 Å². The molecule has 0 amide bonds. The molecule has 0 aliphatic rings. The van der Waals surface area contributed by atoms with Crippen molar-refractivity contribution in [1.82, 2.24) is 15.1 Å². The number of methoxy groups -OCH3 is 1. The molecule has 0 unspecified atom stereocenters. The summed E-state index contributed by atoms with van der Waals surface area (Å²) in [5.41, 5.74) is 0. The summed E-state index contributed by atoms with van der Waals surface area (Å²) in [6, 6.07) is 3.65. The Balaban J connectivity index is 1.94. The van der Waals surface area contributed by atoms with Crippen LogP contribution in [-0.4, -0.2) is 22.2 Å². The minimum Gasteiger partial charge on any atom is -0.495 e. The first-order valence-corrected chi connectivity index (χ1v) is 4.81. The maximum atomic E-state index is 5.00. The summed E-state index contributed by atoms with van der Waals surface area (Å²) in [4.78, 5) is 8.21. The molecule has 2 rings (SSSR count). The standard InChI is InChI=1S/C10H12N4O2/c1-7-13-10(16-14-7)6-12-9-4-3-8(15-2)5-11-9/h3-5H,6H2,1-2H3,(H,11,12). The maximum absolute atomic E-state index is 5.00. The Hall–Kier alpha value is -2.11. The van der Waals surface area contributed by atoms with Gasteiger partial charge in [0.1, 0.15) is 11.6 Å². The molecule has 0 saturated heterocycles. The zero-order chi connectivity index (χ0) is 11.4. The first-order valence-electron chi connectivity index (χ1n) is 4.81. The van der Waals surface area contributed by atoms with Gasteiger partial charge in [0.2, 0.25) is 5.89 Å². The van der Waals surface area contributed by atoms with Crippen LogP contribution in [0.25, 0.3) is 0 Å². The highest BCUT2D eigenvalue weighted by Gasteiger charge is 2.02. The zero-order valence-electron chi connectivity index (χ0n) is 9.10. The third-order valence-electron chi connectivity index (χ3n) is 1.96. The van der Waals surface area contributed by atoms with E-state index < -0.39 is 0 Å². The molecule has 0 atom stereocenters. The van der Waals surface area contributed by atoms with Gasteiger partial charge in [-0.25, -0.2) is 4.98 Å². The molecule has 0 fully saturated rings. The molecule has 6 nitrogen and oxygen atoms in total. The van der Waals surface area contributed by atoms with Crippen molar-refractivity contribution in [1.29, 1.82) is 0 Å². The first-order chi connectivity index (χ1) is 7.78. The van der Waals surface area contributed by atoms with Gasteiger partial charge in [-0.15, -0.1) is 0 Å². The van der Waals surface area contributed by atoms with Crippen LogP contribution in [0.4, 0.5) is 5.82 Å². The van der Waals surface area contributed by atoms with Crippen LogP contribution in [0.5, 0.6) is 5.75 Å². The van der Waals surface area contributed by atoms with Gasteiger partial charge in [-0.05, 0) is 19.1 Å². The molecule has 6 heteroatoms. The monoisotopic (exact) mass is 220 g/mol. The Morgan fingerprint density at radius 3 is 2.88 bits per heavy atom. The summed E-state index contributed by atoms with van der Waals surface area (Å²) >= 11 is 0. The van der Waals surface area contributed by atoms with Crippen molar-refractivity contribution in [2.24, 2.45) is 0 Å². The van der Waals surface area contributed by atoms with E-state index in [9.17, 15) is 0 Å². The number of nitrogens with one attached hydrogen (secondary N) is 1. The number of nitrogens with zero attached hydrogens (tertiary/aromatic N) is 3. The molecule has 0 bridgehead atoms. The highest BCUT2D eigenvalue weighted by Crippen LogP contribution is 2.11. The van der Waals surface area contributed by atoms with Crippen molar-refractivity contribution in [2.75, 3.05) is 12.4 Å². The minimum atomic E-state index is 0.459. The second kappa shape index (κ2) is 4.61. The summed E-state index contributed by atoms with van der Waals surface area (Å²) in [6.45, 7) is 2.23. The van der Waals surface area contributed by atoms with Gasteiger partial charge in [-0.1, -0.05) is 5.16 Å². The first kappa shape index (κ1) is 10.4. The predicted molar refractivity (Wildman–Crippen MR) is 57.2 cm³/mol. The lowest BCUT2D eigenvalue weighted by atomic mass is 10.4. The van der Waals surface area contributed by atoms with E-state index in [2.05, 4.69) is 20.4 Å². The fourth-order valence-electron chi connectivity index (χ4n) is 1.18. The van der Waals surface area contributed by atoms with Crippen LogP contribution in [0.2, 0.25) is 0 Å². The van der Waals surface area contributed by atoms with Crippen molar-refractivity contribution in [3.05, 3.63) is 30.0 Å². The summed E-state index contributed by atoms with van der Waals surface area (Å²) < 4.78 is 9.96. The lowest BCUT2D eigenvalue weighted by Gasteiger charge is -2.03. The van der Waals surface area contributed by atoms with Crippen molar-refractivity contribution in [3.8, 4) is 5.75 Å². The van der Waals surface area contributed by atoms with Gasteiger partial charge in [0.15, 0.2) is 5.82 Å². The van der Waals surface area contributed by atoms with Gasteiger partial charge in [0.05, 0.1) is 19.9 Å². The van der Waals surface area contributed by atoms with Gasteiger partial charge in [0, 0.05) is 0 Å². The Morgan fingerprint density at radius 2 is 2.31 bits per heavy atom. The number of aryl methyl sites for hydroxylation is 1. The molecule has 1 N–H and O–H groups in total. The van der Waals surface area contributed by atoms with E-state index in [1.165, 1.54) is 0 Å². The normalized spacial score (nSPS) is 10.1. The zero-order valence-corrected chi connectivity index (χ0v) is 9.10. The molecule has 2 heterocycles. The quantitative estimate of drug-likeness (QED) is 0.839. The molecule has 0 aliphatic carbocycles. The van der Waals surface area contributed by atoms with E-state index in [-0.39, 0.29) is 0 Å². The molecule has 0 aromatic carbocycles. The minimum absolute atomic E-state index is 0.459. The van der Waals surface area contributed by atoms with Crippen LogP contribution < -0.4 is 10.1 Å². The van der Waals surface area contributed by atoms with Crippen LogP contribution in [0.15, 0.2) is 22.9 Å². The third kappa shape index (κ3) is 2.47. The van der Waals surface area contributed by atoms with E-state index in [4.69, 9.17) is 9.26 Å². The maximum Gasteiger partial charge on any atom is 0.245 e. The topological polar surface area (TPSA) is 73.1 Å². The van der Waals surface area contributed by atoms with Crippen LogP contribution in [0.1, 0.15) is 11.7 Å². The largest absolute Gasteiger partial charge is 0.495 e. The molecular weight excluding hydrogens is 208 g/mol. The number of ether oxygens (including phenoxy) is 1. The number of hydrogen-bond acceptors (Lipinski definition) is 6. The molecule has 0 aliphatic heterocycles. The Labute approximate surface area is 92.7 Å². The predicted octanol–water partition coefficient (Wildman–Crippen LogP) is 1.39. The van der Waals surface area contributed by atoms with Crippen molar-refractivity contribution >= 4 is 5.82 Å². The smallest absolute Gasteiger partial charge is 0.245 e. The van der Waals surface area contributed by atoms with Crippen LogP contribution in [-0.2, 0) is 6.54 Å². The van der Waals surface area contributed by atoms with Crippen LogP contribution in [0, 0.1) is 6.92 Å². The second-order valence-corrected chi connectivity index (χ2v) is 3.17. The number of anilines is 1. The molecule has 0 spiro atoms. The van der Waals surface area contributed by atoms with Gasteiger partial charge >= 0.3 is 0 Å². The van der Waals surface area contributed by atoms with Crippen molar-refractivity contribution in [2.45, 2.75) is 13.5 Å². The molecule has 0 radical (unpaired) electrons. The molecule has 16 heavy (non-hydrogen) atoms. The van der Waals surface area contributed by atoms with E-state index in [1.807, 2.05) is 12.1 Å². The SMILES string of the molecule is COc1ccc(NCc2nc(C)no2)nc1. The molecule has 2 aromatic rings. The number of aromatic nitrogens is 3. The third-order valence-corrected chi connectivity index (χ3v) is 1.96. The Kier molecular flexibility index (Phi) is 3.00. The number of pyridine rings is 1. The number of rotatable bonds is 4. The van der Waals surface area contributed by atoms with Gasteiger partial charge in [-0.2, -0.15) is 4.98 Å². The fraction of sp³-hybridized carbons (Fsp3) is 0.300. The highest BCUT2D eigenvalue weighted by atomic mass is 16.5. The summed E-state index contributed by atoms with van der Waals surface area (Å²) in [5, 5.41) is 6.75. The van der Waals surface area contributed by atoms with Crippen LogP contribution >= 0.6 is 0 Å². The Morgan fingerprint density at radius 1 is 1.44 bits per heavy atom. The summed E-state index contributed by atoms with van der Waals surface area (Å²) in [7, 11) is 1.60.